The van der Waals surface area contributed by atoms with Crippen LogP contribution in [0.2, 0.25) is 5.02 Å². The van der Waals surface area contributed by atoms with Crippen molar-refractivity contribution in [1.82, 2.24) is 14.7 Å². The Labute approximate surface area is 201 Å². The van der Waals surface area contributed by atoms with Crippen molar-refractivity contribution in [3.8, 4) is 0 Å². The molecule has 5 rings (SSSR count). The minimum atomic E-state index is -0.668. The van der Waals surface area contributed by atoms with Crippen LogP contribution in [0, 0.1) is 13.8 Å². The van der Waals surface area contributed by atoms with E-state index in [0.717, 1.165) is 44.8 Å². The topological polar surface area (TPSA) is 58.4 Å². The Hall–Kier alpha value is -2.90. The molecule has 170 valence electrons. The van der Waals surface area contributed by atoms with Crippen LogP contribution in [0.15, 0.2) is 47.3 Å². The number of halogens is 1. The number of aryl methyl sites for hydroxylation is 2. The third kappa shape index (κ3) is 3.79. The molecule has 2 aromatic heterocycles. The van der Waals surface area contributed by atoms with Gasteiger partial charge >= 0.3 is 0 Å². The molecule has 6 nitrogen and oxygen atoms in total. The Balaban J connectivity index is 1.40. The van der Waals surface area contributed by atoms with Crippen molar-refractivity contribution in [2.24, 2.45) is 0 Å². The van der Waals surface area contributed by atoms with Gasteiger partial charge in [0.15, 0.2) is 0 Å². The van der Waals surface area contributed by atoms with Gasteiger partial charge in [0.05, 0.1) is 15.8 Å². The number of carbonyl (C=O) groups excluding carboxylic acids is 1. The first-order valence-electron chi connectivity index (χ1n) is 11.1. The number of rotatable bonds is 3. The van der Waals surface area contributed by atoms with Crippen molar-refractivity contribution in [2.75, 3.05) is 31.1 Å². The Morgan fingerprint density at radius 3 is 2.58 bits per heavy atom. The van der Waals surface area contributed by atoms with Crippen molar-refractivity contribution in [3.05, 3.63) is 69.1 Å². The van der Waals surface area contributed by atoms with Crippen LogP contribution in [0.3, 0.4) is 0 Å². The fourth-order valence-corrected chi connectivity index (χ4v) is 5.90. The maximum absolute atomic E-state index is 13.4. The second kappa shape index (κ2) is 8.47. The molecule has 0 saturated carbocycles. The number of amides is 1. The number of anilines is 1. The number of carbonyl (C=O) groups is 1. The number of benzene rings is 2. The highest BCUT2D eigenvalue weighted by Gasteiger charge is 2.29. The summed E-state index contributed by atoms with van der Waals surface area (Å²) in [6.07, 6.45) is 0. The lowest BCUT2D eigenvalue weighted by molar-refractivity contribution is -0.135. The molecule has 0 N–H and O–H groups in total. The van der Waals surface area contributed by atoms with Gasteiger partial charge in [0, 0.05) is 47.0 Å². The second-order valence-electron chi connectivity index (χ2n) is 8.56. The number of hydrogen-bond acceptors (Lipinski definition) is 5. The molecule has 0 aliphatic carbocycles. The van der Waals surface area contributed by atoms with E-state index in [9.17, 15) is 9.59 Å². The summed E-state index contributed by atoms with van der Waals surface area (Å²) >= 11 is 7.77. The van der Waals surface area contributed by atoms with Crippen LogP contribution in [0.5, 0.6) is 0 Å². The molecule has 1 saturated heterocycles. The number of piperazine rings is 1. The van der Waals surface area contributed by atoms with Gasteiger partial charge in [-0.05, 0) is 44.5 Å². The standard InChI is InChI=1S/C25H25ClN4O2S/c1-15-8-9-18(26)14-20(15)28-10-12-29(13-11-28)24(31)17(3)30-25(32)22-19-6-4-5-7-21(19)33-23(22)16(2)27-30/h4-9,14,17H,10-13H2,1-3H3. The van der Waals surface area contributed by atoms with Gasteiger partial charge in [-0.3, -0.25) is 9.59 Å². The van der Waals surface area contributed by atoms with Crippen LogP contribution >= 0.6 is 22.9 Å². The minimum absolute atomic E-state index is 0.0784. The van der Waals surface area contributed by atoms with Crippen LogP contribution in [-0.2, 0) is 4.79 Å². The molecular weight excluding hydrogens is 456 g/mol. The maximum atomic E-state index is 13.4. The van der Waals surface area contributed by atoms with Crippen LogP contribution in [-0.4, -0.2) is 46.8 Å². The van der Waals surface area contributed by atoms with Gasteiger partial charge in [-0.25, -0.2) is 4.68 Å². The van der Waals surface area contributed by atoms with E-state index >= 15 is 0 Å². The highest BCUT2D eigenvalue weighted by atomic mass is 35.5. The third-order valence-corrected chi connectivity index (χ3v) is 7.95. The number of hydrogen-bond donors (Lipinski definition) is 0. The number of fused-ring (bicyclic) bond motifs is 3. The molecule has 2 aromatic carbocycles. The van der Waals surface area contributed by atoms with Crippen molar-refractivity contribution >= 4 is 54.7 Å². The van der Waals surface area contributed by atoms with E-state index in [1.807, 2.05) is 54.3 Å². The minimum Gasteiger partial charge on any atom is -0.368 e. The molecule has 1 fully saturated rings. The lowest BCUT2D eigenvalue weighted by Gasteiger charge is -2.37. The van der Waals surface area contributed by atoms with E-state index in [1.165, 1.54) is 4.68 Å². The Morgan fingerprint density at radius 1 is 1.09 bits per heavy atom. The molecule has 1 aliphatic heterocycles. The molecule has 1 atom stereocenters. The predicted molar refractivity (Wildman–Crippen MR) is 136 cm³/mol. The van der Waals surface area contributed by atoms with Crippen LogP contribution in [0.4, 0.5) is 5.69 Å². The lowest BCUT2D eigenvalue weighted by atomic mass is 10.1. The van der Waals surface area contributed by atoms with Gasteiger partial charge < -0.3 is 9.80 Å². The molecule has 0 bridgehead atoms. The molecule has 33 heavy (non-hydrogen) atoms. The molecule has 1 amide bonds. The van der Waals surface area contributed by atoms with Gasteiger partial charge in [-0.1, -0.05) is 35.9 Å². The van der Waals surface area contributed by atoms with E-state index in [0.29, 0.717) is 23.5 Å². The Kier molecular flexibility index (Phi) is 5.62. The van der Waals surface area contributed by atoms with Crippen molar-refractivity contribution in [1.29, 1.82) is 0 Å². The van der Waals surface area contributed by atoms with E-state index in [1.54, 1.807) is 18.3 Å². The van der Waals surface area contributed by atoms with E-state index in [-0.39, 0.29) is 11.5 Å². The summed E-state index contributed by atoms with van der Waals surface area (Å²) in [6.45, 7) is 8.35. The quantitative estimate of drug-likeness (QED) is 0.423. The lowest BCUT2D eigenvalue weighted by Crippen LogP contribution is -2.51. The number of thiophene rings is 1. The van der Waals surface area contributed by atoms with E-state index < -0.39 is 6.04 Å². The smallest absolute Gasteiger partial charge is 0.276 e. The molecule has 1 unspecified atom stereocenters. The molecule has 4 aromatic rings. The summed E-state index contributed by atoms with van der Waals surface area (Å²) in [7, 11) is 0. The third-order valence-electron chi connectivity index (χ3n) is 6.43. The summed E-state index contributed by atoms with van der Waals surface area (Å²) in [4.78, 5) is 30.9. The van der Waals surface area contributed by atoms with Crippen molar-refractivity contribution in [3.63, 3.8) is 0 Å². The summed E-state index contributed by atoms with van der Waals surface area (Å²) < 4.78 is 3.31. The van der Waals surface area contributed by atoms with E-state index in [4.69, 9.17) is 11.6 Å². The van der Waals surface area contributed by atoms with Gasteiger partial charge in [0.25, 0.3) is 5.56 Å². The molecular formula is C25H25ClN4O2S. The fourth-order valence-electron chi connectivity index (χ4n) is 4.60. The first-order chi connectivity index (χ1) is 15.8. The molecule has 1 aliphatic rings. The highest BCUT2D eigenvalue weighted by Crippen LogP contribution is 2.33. The largest absolute Gasteiger partial charge is 0.368 e. The van der Waals surface area contributed by atoms with Crippen LogP contribution in [0.25, 0.3) is 20.2 Å². The van der Waals surface area contributed by atoms with Crippen LogP contribution in [0.1, 0.15) is 24.2 Å². The van der Waals surface area contributed by atoms with E-state index in [2.05, 4.69) is 16.9 Å². The number of nitrogens with zero attached hydrogens (tertiary/aromatic N) is 4. The first kappa shape index (κ1) is 21.9. The van der Waals surface area contributed by atoms with Crippen LogP contribution < -0.4 is 10.5 Å². The Bertz CT molecular complexity index is 1440. The van der Waals surface area contributed by atoms with Gasteiger partial charge in [-0.15, -0.1) is 11.3 Å². The van der Waals surface area contributed by atoms with Crippen molar-refractivity contribution in [2.45, 2.75) is 26.8 Å². The fraction of sp³-hybridized carbons (Fsp3) is 0.320. The molecule has 0 radical (unpaired) electrons. The summed E-state index contributed by atoms with van der Waals surface area (Å²) in [5, 5.41) is 6.83. The Morgan fingerprint density at radius 2 is 1.82 bits per heavy atom. The zero-order valence-electron chi connectivity index (χ0n) is 18.8. The normalized spacial score (nSPS) is 15.4. The SMILES string of the molecule is Cc1ccc(Cl)cc1N1CCN(C(=O)C(C)n2nc(C)c3sc4ccccc4c3c2=O)CC1. The summed E-state index contributed by atoms with van der Waals surface area (Å²) in [5.41, 5.74) is 2.83. The number of aromatic nitrogens is 2. The molecule has 3 heterocycles. The van der Waals surface area contributed by atoms with Gasteiger partial charge in [-0.2, -0.15) is 5.10 Å². The highest BCUT2D eigenvalue weighted by molar-refractivity contribution is 7.26. The first-order valence-corrected chi connectivity index (χ1v) is 12.2. The average Bonchev–Trinajstić information content (AvgIpc) is 3.23. The molecule has 0 spiro atoms. The van der Waals surface area contributed by atoms with Crippen molar-refractivity contribution < 1.29 is 4.79 Å². The monoisotopic (exact) mass is 480 g/mol. The zero-order chi connectivity index (χ0) is 23.3. The predicted octanol–water partition coefficient (Wildman–Crippen LogP) is 4.79. The van der Waals surface area contributed by atoms with Gasteiger partial charge in [0.1, 0.15) is 6.04 Å². The maximum Gasteiger partial charge on any atom is 0.276 e. The average molecular weight is 481 g/mol. The zero-order valence-corrected chi connectivity index (χ0v) is 20.4. The second-order valence-corrected chi connectivity index (χ2v) is 10.0. The molecule has 8 heteroatoms. The summed E-state index contributed by atoms with van der Waals surface area (Å²) in [5.74, 6) is -0.0784. The van der Waals surface area contributed by atoms with Gasteiger partial charge in [0.2, 0.25) is 5.91 Å². The summed E-state index contributed by atoms with van der Waals surface area (Å²) in [6, 6.07) is 13.1.